The normalized spacial score (nSPS) is 10.4. The maximum Gasteiger partial charge on any atom is 0.387 e. The predicted octanol–water partition coefficient (Wildman–Crippen LogP) is 2.70. The van der Waals surface area contributed by atoms with Gasteiger partial charge >= 0.3 is 12.6 Å². The zero-order valence-electron chi connectivity index (χ0n) is 8.88. The van der Waals surface area contributed by atoms with E-state index >= 15 is 0 Å². The average Bonchev–Trinajstić information content (AvgIpc) is 2.22. The molecular formula is C10H10ClF2NO3. The van der Waals surface area contributed by atoms with Gasteiger partial charge in [-0.1, -0.05) is 11.6 Å². The van der Waals surface area contributed by atoms with E-state index in [1.54, 1.807) is 6.92 Å². The second kappa shape index (κ2) is 5.67. The van der Waals surface area contributed by atoms with Crippen molar-refractivity contribution < 1.29 is 23.0 Å². The fourth-order valence-corrected chi connectivity index (χ4v) is 1.35. The molecule has 0 aromatic heterocycles. The fraction of sp³-hybridized carbons (Fsp3) is 0.300. The van der Waals surface area contributed by atoms with Crippen LogP contribution in [0.2, 0.25) is 5.02 Å². The second-order valence-corrected chi connectivity index (χ2v) is 3.38. The monoisotopic (exact) mass is 265 g/mol. The number of carbonyl (C=O) groups excluding carboxylic acids is 1. The molecule has 0 aliphatic carbocycles. The van der Waals surface area contributed by atoms with Crippen LogP contribution in [-0.4, -0.2) is 19.2 Å². The van der Waals surface area contributed by atoms with Gasteiger partial charge in [0.2, 0.25) is 0 Å². The highest BCUT2D eigenvalue weighted by atomic mass is 35.5. The first-order chi connectivity index (χ1) is 7.95. The van der Waals surface area contributed by atoms with Crippen LogP contribution in [0.4, 0.5) is 14.5 Å². The molecule has 0 spiro atoms. The molecule has 17 heavy (non-hydrogen) atoms. The highest BCUT2D eigenvalue weighted by molar-refractivity contribution is 6.32. The smallest absolute Gasteiger partial charge is 0.387 e. The van der Waals surface area contributed by atoms with E-state index in [1.807, 2.05) is 0 Å². The van der Waals surface area contributed by atoms with E-state index in [2.05, 4.69) is 4.74 Å². The maximum absolute atomic E-state index is 12.0. The van der Waals surface area contributed by atoms with Gasteiger partial charge in [0.05, 0.1) is 17.2 Å². The number of nitrogen functional groups attached to an aromatic ring is 1. The van der Waals surface area contributed by atoms with Crippen molar-refractivity contribution in [3.05, 3.63) is 22.7 Å². The van der Waals surface area contributed by atoms with Crippen molar-refractivity contribution in [3.63, 3.8) is 0 Å². The summed E-state index contributed by atoms with van der Waals surface area (Å²) in [4.78, 5) is 11.4. The Hall–Kier alpha value is -1.56. The number of alkyl halides is 2. The highest BCUT2D eigenvalue weighted by Crippen LogP contribution is 2.31. The Balaban J connectivity index is 3.04. The lowest BCUT2D eigenvalue weighted by Gasteiger charge is -2.10. The number of esters is 1. The van der Waals surface area contributed by atoms with E-state index in [4.69, 9.17) is 22.1 Å². The van der Waals surface area contributed by atoms with Gasteiger partial charge in [-0.25, -0.2) is 4.79 Å². The quantitative estimate of drug-likeness (QED) is 0.672. The predicted molar refractivity (Wildman–Crippen MR) is 58.5 cm³/mol. The van der Waals surface area contributed by atoms with Gasteiger partial charge in [0, 0.05) is 11.8 Å². The lowest BCUT2D eigenvalue weighted by Crippen LogP contribution is -2.09. The van der Waals surface area contributed by atoms with E-state index < -0.39 is 12.6 Å². The molecule has 1 aromatic rings. The van der Waals surface area contributed by atoms with Crippen molar-refractivity contribution in [1.82, 2.24) is 0 Å². The molecule has 0 saturated carbocycles. The number of benzene rings is 1. The summed E-state index contributed by atoms with van der Waals surface area (Å²) < 4.78 is 32.8. The van der Waals surface area contributed by atoms with E-state index in [1.165, 1.54) is 0 Å². The Morgan fingerprint density at radius 3 is 2.71 bits per heavy atom. The number of halogens is 3. The van der Waals surface area contributed by atoms with Crippen LogP contribution in [-0.2, 0) is 4.74 Å². The molecule has 1 rings (SSSR count). The number of nitrogens with two attached hydrogens (primary N) is 1. The molecule has 0 bridgehead atoms. The molecule has 0 heterocycles. The Labute approximate surface area is 101 Å². The van der Waals surface area contributed by atoms with Crippen molar-refractivity contribution in [3.8, 4) is 5.75 Å². The second-order valence-electron chi connectivity index (χ2n) is 2.97. The third kappa shape index (κ3) is 3.45. The molecule has 0 aliphatic rings. The zero-order valence-corrected chi connectivity index (χ0v) is 9.63. The standard InChI is InChI=1S/C10H10ClF2NO3/c1-2-16-9(15)5-3-6(11)8(4-7(5)14)17-10(12)13/h3-4,10H,2,14H2,1H3. The van der Waals surface area contributed by atoms with Crippen LogP contribution in [0.5, 0.6) is 5.75 Å². The van der Waals surface area contributed by atoms with Crippen LogP contribution in [0.15, 0.2) is 12.1 Å². The van der Waals surface area contributed by atoms with Crippen molar-refractivity contribution in [2.24, 2.45) is 0 Å². The Morgan fingerprint density at radius 2 is 2.18 bits per heavy atom. The summed E-state index contributed by atoms with van der Waals surface area (Å²) >= 11 is 5.67. The summed E-state index contributed by atoms with van der Waals surface area (Å²) in [5.41, 5.74) is 5.49. The lowest BCUT2D eigenvalue weighted by molar-refractivity contribution is -0.0497. The summed E-state index contributed by atoms with van der Waals surface area (Å²) in [5.74, 6) is -0.956. The van der Waals surface area contributed by atoms with Gasteiger partial charge in [0.15, 0.2) is 0 Å². The fourth-order valence-electron chi connectivity index (χ4n) is 1.14. The van der Waals surface area contributed by atoms with Crippen LogP contribution in [0, 0.1) is 0 Å². The lowest BCUT2D eigenvalue weighted by atomic mass is 10.1. The number of ether oxygens (including phenoxy) is 2. The number of hydrogen-bond acceptors (Lipinski definition) is 4. The van der Waals surface area contributed by atoms with Gasteiger partial charge in [0.1, 0.15) is 5.75 Å². The molecule has 2 N–H and O–H groups in total. The van der Waals surface area contributed by atoms with Crippen molar-refractivity contribution in [1.29, 1.82) is 0 Å². The minimum Gasteiger partial charge on any atom is -0.462 e. The largest absolute Gasteiger partial charge is 0.462 e. The molecule has 0 fully saturated rings. The third-order valence-corrected chi connectivity index (χ3v) is 2.11. The van der Waals surface area contributed by atoms with Gasteiger partial charge in [-0.2, -0.15) is 8.78 Å². The molecule has 0 aliphatic heterocycles. The van der Waals surface area contributed by atoms with Crippen LogP contribution >= 0.6 is 11.6 Å². The molecule has 0 atom stereocenters. The van der Waals surface area contributed by atoms with Crippen LogP contribution in [0.3, 0.4) is 0 Å². The van der Waals surface area contributed by atoms with Crippen LogP contribution in [0.1, 0.15) is 17.3 Å². The van der Waals surface area contributed by atoms with E-state index in [0.29, 0.717) is 0 Å². The van der Waals surface area contributed by atoms with Gasteiger partial charge < -0.3 is 15.2 Å². The molecule has 0 saturated heterocycles. The molecule has 1 aromatic carbocycles. The summed E-state index contributed by atoms with van der Waals surface area (Å²) in [7, 11) is 0. The molecule has 7 heteroatoms. The van der Waals surface area contributed by atoms with Gasteiger partial charge in [-0.05, 0) is 13.0 Å². The molecule has 0 unspecified atom stereocenters. The van der Waals surface area contributed by atoms with Crippen molar-refractivity contribution in [2.75, 3.05) is 12.3 Å². The Kier molecular flexibility index (Phi) is 4.51. The topological polar surface area (TPSA) is 61.5 Å². The highest BCUT2D eigenvalue weighted by Gasteiger charge is 2.16. The number of carbonyl (C=O) groups is 1. The molecule has 0 amide bonds. The third-order valence-electron chi connectivity index (χ3n) is 1.82. The van der Waals surface area contributed by atoms with E-state index in [-0.39, 0.29) is 28.6 Å². The number of hydrogen-bond donors (Lipinski definition) is 1. The minimum absolute atomic E-state index is 0.0125. The van der Waals surface area contributed by atoms with E-state index in [0.717, 1.165) is 12.1 Å². The number of rotatable bonds is 4. The van der Waals surface area contributed by atoms with Gasteiger partial charge in [-0.3, -0.25) is 0 Å². The summed E-state index contributed by atoms with van der Waals surface area (Å²) in [6.45, 7) is -1.21. The van der Waals surface area contributed by atoms with Crippen LogP contribution in [0.25, 0.3) is 0 Å². The van der Waals surface area contributed by atoms with Gasteiger partial charge in [0.25, 0.3) is 0 Å². The van der Waals surface area contributed by atoms with E-state index in [9.17, 15) is 13.6 Å². The molecule has 0 radical (unpaired) electrons. The maximum atomic E-state index is 12.0. The first kappa shape index (κ1) is 13.5. The zero-order chi connectivity index (χ0) is 13.0. The Morgan fingerprint density at radius 1 is 1.53 bits per heavy atom. The average molecular weight is 266 g/mol. The SMILES string of the molecule is CCOC(=O)c1cc(Cl)c(OC(F)F)cc1N. The number of anilines is 1. The summed E-state index contributed by atoms with van der Waals surface area (Å²) in [5, 5.41) is -0.137. The molecule has 4 nitrogen and oxygen atoms in total. The van der Waals surface area contributed by atoms with Crippen LogP contribution < -0.4 is 10.5 Å². The minimum atomic E-state index is -3.01. The van der Waals surface area contributed by atoms with Gasteiger partial charge in [-0.15, -0.1) is 0 Å². The first-order valence-corrected chi connectivity index (χ1v) is 5.04. The molecular weight excluding hydrogens is 256 g/mol. The Bertz CT molecular complexity index is 426. The first-order valence-electron chi connectivity index (χ1n) is 4.66. The van der Waals surface area contributed by atoms with Crippen molar-refractivity contribution >= 4 is 23.3 Å². The van der Waals surface area contributed by atoms with Crippen molar-refractivity contribution in [2.45, 2.75) is 13.5 Å². The summed E-state index contributed by atoms with van der Waals surface area (Å²) in [6.07, 6.45) is 0. The molecule has 94 valence electrons. The summed E-state index contributed by atoms with van der Waals surface area (Å²) in [6, 6.07) is 2.19.